The van der Waals surface area contributed by atoms with Crippen LogP contribution in [0.4, 0.5) is 0 Å². The van der Waals surface area contributed by atoms with Crippen molar-refractivity contribution in [3.8, 4) is 17.2 Å². The molecule has 1 fully saturated rings. The molecule has 0 amide bonds. The monoisotopic (exact) mass is 458 g/mol. The highest BCUT2D eigenvalue weighted by Gasteiger charge is 2.23. The third kappa shape index (κ3) is 4.84. The van der Waals surface area contributed by atoms with Crippen LogP contribution in [0.15, 0.2) is 42.5 Å². The zero-order valence-corrected chi connectivity index (χ0v) is 19.4. The quantitative estimate of drug-likeness (QED) is 0.379. The van der Waals surface area contributed by atoms with Gasteiger partial charge in [-0.1, -0.05) is 37.5 Å². The third-order valence-electron chi connectivity index (χ3n) is 7.06. The molecule has 3 aromatic carbocycles. The molecule has 0 radical (unpaired) electrons. The molecule has 1 saturated carbocycles. The average Bonchev–Trinajstić information content (AvgIpc) is 2.86. The van der Waals surface area contributed by atoms with Crippen molar-refractivity contribution in [3.05, 3.63) is 87.0 Å². The van der Waals surface area contributed by atoms with Gasteiger partial charge < -0.3 is 15.3 Å². The van der Waals surface area contributed by atoms with Crippen LogP contribution in [0.25, 0.3) is 0 Å². The van der Waals surface area contributed by atoms with Crippen molar-refractivity contribution in [2.75, 3.05) is 0 Å². The summed E-state index contributed by atoms with van der Waals surface area (Å²) >= 11 is 0. The minimum Gasteiger partial charge on any atom is -0.507 e. The van der Waals surface area contributed by atoms with E-state index in [4.69, 9.17) is 0 Å². The number of carbonyl (C=O) groups is 2. The van der Waals surface area contributed by atoms with Crippen molar-refractivity contribution in [2.24, 2.45) is 0 Å². The van der Waals surface area contributed by atoms with Crippen LogP contribution in [0.5, 0.6) is 17.2 Å². The van der Waals surface area contributed by atoms with Crippen LogP contribution in [-0.4, -0.2) is 27.9 Å². The lowest BCUT2D eigenvalue weighted by Gasteiger charge is -2.27. The number of benzene rings is 3. The lowest BCUT2D eigenvalue weighted by atomic mass is 9.79. The third-order valence-corrected chi connectivity index (χ3v) is 7.06. The minimum absolute atomic E-state index is 0.0605. The maximum atomic E-state index is 11.3. The summed E-state index contributed by atoms with van der Waals surface area (Å²) in [5, 5.41) is 31.1. The van der Waals surface area contributed by atoms with Gasteiger partial charge in [0.2, 0.25) is 0 Å². The average molecular weight is 459 g/mol. The number of phenolic OH excluding ortho intramolecular Hbond substituents is 3. The SMILES string of the molecule is Cc1c(C2CCCCC2)cc(Cc2ccc(O)c(C=O)c2)c(O)c1Cc1ccc(O)c(C=O)c1. The maximum absolute atomic E-state index is 11.3. The van der Waals surface area contributed by atoms with E-state index < -0.39 is 0 Å². The molecule has 3 N–H and O–H groups in total. The number of rotatable bonds is 7. The van der Waals surface area contributed by atoms with Crippen molar-refractivity contribution in [2.45, 2.75) is 57.8 Å². The largest absolute Gasteiger partial charge is 0.507 e. The number of carbonyl (C=O) groups excluding carboxylic acids is 2. The van der Waals surface area contributed by atoms with Gasteiger partial charge in [-0.2, -0.15) is 0 Å². The Hall–Kier alpha value is -3.60. The summed E-state index contributed by atoms with van der Waals surface area (Å²) in [6.45, 7) is 2.05. The smallest absolute Gasteiger partial charge is 0.153 e. The second-order valence-electron chi connectivity index (χ2n) is 9.29. The van der Waals surface area contributed by atoms with E-state index in [9.17, 15) is 24.9 Å². The molecule has 0 aliphatic heterocycles. The van der Waals surface area contributed by atoms with Gasteiger partial charge in [-0.3, -0.25) is 9.59 Å². The molecule has 0 aromatic heterocycles. The lowest BCUT2D eigenvalue weighted by Crippen LogP contribution is -2.10. The van der Waals surface area contributed by atoms with Crippen LogP contribution in [0.3, 0.4) is 0 Å². The summed E-state index contributed by atoms with van der Waals surface area (Å²) in [5.74, 6) is 0.518. The van der Waals surface area contributed by atoms with Gasteiger partial charge in [-0.05, 0) is 77.8 Å². The lowest BCUT2D eigenvalue weighted by molar-refractivity contribution is 0.111. The van der Waals surface area contributed by atoms with Crippen molar-refractivity contribution >= 4 is 12.6 Å². The maximum Gasteiger partial charge on any atom is 0.153 e. The van der Waals surface area contributed by atoms with Crippen molar-refractivity contribution in [1.29, 1.82) is 0 Å². The zero-order chi connectivity index (χ0) is 24.2. The van der Waals surface area contributed by atoms with Crippen molar-refractivity contribution in [1.82, 2.24) is 0 Å². The number of aldehydes is 2. The number of hydrogen-bond acceptors (Lipinski definition) is 5. The summed E-state index contributed by atoms with van der Waals surface area (Å²) in [6.07, 6.45) is 7.98. The first-order valence-electron chi connectivity index (χ1n) is 11.8. The Balaban J connectivity index is 1.79. The number of phenols is 3. The van der Waals surface area contributed by atoms with E-state index in [1.165, 1.54) is 37.0 Å². The highest BCUT2D eigenvalue weighted by Crippen LogP contribution is 2.40. The van der Waals surface area contributed by atoms with Gasteiger partial charge in [0.05, 0.1) is 11.1 Å². The second kappa shape index (κ2) is 10.1. The summed E-state index contributed by atoms with van der Waals surface area (Å²) < 4.78 is 0. The molecule has 1 aliphatic carbocycles. The fourth-order valence-electron chi connectivity index (χ4n) is 5.14. The van der Waals surface area contributed by atoms with Crippen LogP contribution in [0.1, 0.15) is 92.1 Å². The number of hydrogen-bond donors (Lipinski definition) is 3. The Morgan fingerprint density at radius 3 is 1.91 bits per heavy atom. The molecule has 34 heavy (non-hydrogen) atoms. The topological polar surface area (TPSA) is 94.8 Å². The molecular weight excluding hydrogens is 428 g/mol. The van der Waals surface area contributed by atoms with Gasteiger partial charge in [0.25, 0.3) is 0 Å². The first kappa shape index (κ1) is 23.6. The predicted molar refractivity (Wildman–Crippen MR) is 131 cm³/mol. The summed E-state index contributed by atoms with van der Waals surface area (Å²) in [6, 6.07) is 12.0. The van der Waals surface area contributed by atoms with E-state index in [0.717, 1.165) is 40.7 Å². The van der Waals surface area contributed by atoms with Crippen LogP contribution < -0.4 is 0 Å². The Morgan fingerprint density at radius 2 is 1.35 bits per heavy atom. The van der Waals surface area contributed by atoms with E-state index in [1.807, 2.05) is 0 Å². The van der Waals surface area contributed by atoms with Crippen LogP contribution in [-0.2, 0) is 12.8 Å². The van der Waals surface area contributed by atoms with Gasteiger partial charge >= 0.3 is 0 Å². The normalized spacial score (nSPS) is 14.1. The highest BCUT2D eigenvalue weighted by molar-refractivity contribution is 5.80. The molecule has 0 bridgehead atoms. The first-order valence-corrected chi connectivity index (χ1v) is 11.8. The first-order chi connectivity index (χ1) is 16.4. The van der Waals surface area contributed by atoms with Gasteiger partial charge in [-0.25, -0.2) is 0 Å². The molecule has 1 aliphatic rings. The van der Waals surface area contributed by atoms with Gasteiger partial charge in [-0.15, -0.1) is 0 Å². The molecule has 176 valence electrons. The summed E-state index contributed by atoms with van der Waals surface area (Å²) in [7, 11) is 0. The molecule has 0 heterocycles. The summed E-state index contributed by atoms with van der Waals surface area (Å²) in [5.41, 5.74) is 6.00. The van der Waals surface area contributed by atoms with Gasteiger partial charge in [0.1, 0.15) is 17.2 Å². The van der Waals surface area contributed by atoms with E-state index in [1.54, 1.807) is 24.3 Å². The van der Waals surface area contributed by atoms with Gasteiger partial charge in [0.15, 0.2) is 12.6 Å². The fraction of sp³-hybridized carbons (Fsp3) is 0.310. The Morgan fingerprint density at radius 1 is 0.794 bits per heavy atom. The van der Waals surface area contributed by atoms with Crippen LogP contribution in [0, 0.1) is 6.92 Å². The Bertz CT molecular complexity index is 1220. The van der Waals surface area contributed by atoms with Crippen LogP contribution in [0.2, 0.25) is 0 Å². The molecule has 0 spiro atoms. The summed E-state index contributed by atoms with van der Waals surface area (Å²) in [4.78, 5) is 22.6. The van der Waals surface area contributed by atoms with Gasteiger partial charge in [0, 0.05) is 18.4 Å². The molecule has 5 heteroatoms. The molecule has 4 rings (SSSR count). The second-order valence-corrected chi connectivity index (χ2v) is 9.29. The predicted octanol–water partition coefficient (Wildman–Crippen LogP) is 5.97. The molecule has 5 nitrogen and oxygen atoms in total. The van der Waals surface area contributed by atoms with E-state index in [-0.39, 0.29) is 28.4 Å². The van der Waals surface area contributed by atoms with E-state index in [2.05, 4.69) is 13.0 Å². The standard InChI is InChI=1S/C29H30O5/c1-18-25(21-5-3-2-4-6-21)15-22(11-19-7-9-27(32)23(12-19)16-30)29(34)26(18)14-20-8-10-28(33)24(13-20)17-31/h7-10,12-13,15-17,21,32-34H,2-6,11,14H2,1H3. The highest BCUT2D eigenvalue weighted by atomic mass is 16.3. The molecular formula is C29H30O5. The molecule has 0 unspecified atom stereocenters. The van der Waals surface area contributed by atoms with Crippen LogP contribution >= 0.6 is 0 Å². The van der Waals surface area contributed by atoms with E-state index in [0.29, 0.717) is 31.3 Å². The molecule has 0 saturated heterocycles. The van der Waals surface area contributed by atoms with Crippen molar-refractivity contribution < 1.29 is 24.9 Å². The van der Waals surface area contributed by atoms with E-state index >= 15 is 0 Å². The Kier molecular flexibility index (Phi) is 7.01. The van der Waals surface area contributed by atoms with Crippen molar-refractivity contribution in [3.63, 3.8) is 0 Å². The zero-order valence-electron chi connectivity index (χ0n) is 19.4. The molecule has 3 aromatic rings. The minimum atomic E-state index is -0.0613. The Labute approximate surface area is 199 Å². The molecule has 0 atom stereocenters. The fourth-order valence-corrected chi connectivity index (χ4v) is 5.14. The number of aromatic hydroxyl groups is 3.